The van der Waals surface area contributed by atoms with Gasteiger partial charge in [-0.25, -0.2) is 0 Å². The second kappa shape index (κ2) is 6.92. The number of carbonyl (C=O) groups is 2. The first-order chi connectivity index (χ1) is 13.1. The summed E-state index contributed by atoms with van der Waals surface area (Å²) in [5, 5.41) is 2.76. The summed E-state index contributed by atoms with van der Waals surface area (Å²) in [4.78, 5) is 31.0. The van der Waals surface area contributed by atoms with Gasteiger partial charge in [0.2, 0.25) is 5.91 Å². The minimum absolute atomic E-state index is 0.244. The Labute approximate surface area is 156 Å². The number of anilines is 2. The van der Waals surface area contributed by atoms with Gasteiger partial charge < -0.3 is 9.73 Å². The van der Waals surface area contributed by atoms with E-state index in [0.717, 1.165) is 17.0 Å². The highest BCUT2D eigenvalue weighted by atomic mass is 16.3. The SMILES string of the molecule is Cc1ccc(CNC(=O)/C=C2\C(=O)N(c3ccncc3)c3ccccc32)o1. The molecule has 0 spiro atoms. The molecule has 6 nitrogen and oxygen atoms in total. The van der Waals surface area contributed by atoms with Crippen molar-refractivity contribution in [1.82, 2.24) is 10.3 Å². The van der Waals surface area contributed by atoms with E-state index in [4.69, 9.17) is 4.42 Å². The zero-order valence-corrected chi connectivity index (χ0v) is 14.7. The van der Waals surface area contributed by atoms with Crippen LogP contribution in [0, 0.1) is 6.92 Å². The molecule has 0 fully saturated rings. The molecule has 1 N–H and O–H groups in total. The molecule has 134 valence electrons. The zero-order valence-electron chi connectivity index (χ0n) is 14.7. The molecule has 4 rings (SSSR count). The molecule has 1 aromatic carbocycles. The average molecular weight is 359 g/mol. The van der Waals surface area contributed by atoms with Crippen LogP contribution in [0.25, 0.3) is 5.57 Å². The Morgan fingerprint density at radius 3 is 2.67 bits per heavy atom. The number of nitrogens with zero attached hydrogens (tertiary/aromatic N) is 2. The van der Waals surface area contributed by atoms with Crippen LogP contribution in [0.1, 0.15) is 17.1 Å². The maximum Gasteiger partial charge on any atom is 0.263 e. The molecule has 0 saturated heterocycles. The lowest BCUT2D eigenvalue weighted by molar-refractivity contribution is -0.117. The van der Waals surface area contributed by atoms with Crippen LogP contribution < -0.4 is 10.2 Å². The first-order valence-corrected chi connectivity index (χ1v) is 8.52. The van der Waals surface area contributed by atoms with E-state index in [0.29, 0.717) is 17.0 Å². The lowest BCUT2D eigenvalue weighted by Crippen LogP contribution is -2.23. The average Bonchev–Trinajstić information content (AvgIpc) is 3.22. The number of amides is 2. The quantitative estimate of drug-likeness (QED) is 0.725. The molecular weight excluding hydrogens is 342 g/mol. The molecule has 0 saturated carbocycles. The number of rotatable bonds is 4. The summed E-state index contributed by atoms with van der Waals surface area (Å²) < 4.78 is 5.44. The van der Waals surface area contributed by atoms with Gasteiger partial charge in [-0.15, -0.1) is 0 Å². The molecule has 0 atom stereocenters. The lowest BCUT2D eigenvalue weighted by atomic mass is 10.1. The molecular formula is C21H17N3O3. The number of para-hydroxylation sites is 1. The van der Waals surface area contributed by atoms with Gasteiger partial charge in [0.05, 0.1) is 23.5 Å². The highest BCUT2D eigenvalue weighted by molar-refractivity contribution is 6.37. The van der Waals surface area contributed by atoms with Crippen LogP contribution in [0.15, 0.2) is 71.4 Å². The number of carbonyl (C=O) groups excluding carboxylic acids is 2. The van der Waals surface area contributed by atoms with Crippen LogP contribution in [0.5, 0.6) is 0 Å². The van der Waals surface area contributed by atoms with Crippen LogP contribution in [0.4, 0.5) is 11.4 Å². The van der Waals surface area contributed by atoms with Gasteiger partial charge in [-0.2, -0.15) is 0 Å². The van der Waals surface area contributed by atoms with Gasteiger partial charge in [-0.1, -0.05) is 18.2 Å². The third kappa shape index (κ3) is 3.25. The summed E-state index contributed by atoms with van der Waals surface area (Å²) in [6.45, 7) is 2.11. The van der Waals surface area contributed by atoms with Crippen molar-refractivity contribution in [1.29, 1.82) is 0 Å². The molecule has 1 aliphatic rings. The van der Waals surface area contributed by atoms with Crippen molar-refractivity contribution in [2.45, 2.75) is 13.5 Å². The highest BCUT2D eigenvalue weighted by Crippen LogP contribution is 2.40. The summed E-state index contributed by atoms with van der Waals surface area (Å²) in [7, 11) is 0. The van der Waals surface area contributed by atoms with Gasteiger partial charge in [0, 0.05) is 24.0 Å². The Hall–Kier alpha value is -3.67. The minimum atomic E-state index is -0.348. The fourth-order valence-electron chi connectivity index (χ4n) is 3.07. The summed E-state index contributed by atoms with van der Waals surface area (Å²) in [5.74, 6) is 0.853. The molecule has 0 bridgehead atoms. The molecule has 27 heavy (non-hydrogen) atoms. The molecule has 2 amide bonds. The number of fused-ring (bicyclic) bond motifs is 1. The van der Waals surface area contributed by atoms with Crippen molar-refractivity contribution in [2.24, 2.45) is 0 Å². The fraction of sp³-hybridized carbons (Fsp3) is 0.0952. The fourth-order valence-corrected chi connectivity index (χ4v) is 3.07. The first kappa shape index (κ1) is 16.8. The molecule has 3 heterocycles. The van der Waals surface area contributed by atoms with Gasteiger partial charge in [-0.05, 0) is 37.3 Å². The van der Waals surface area contributed by atoms with E-state index in [9.17, 15) is 9.59 Å². The van der Waals surface area contributed by atoms with Crippen molar-refractivity contribution in [3.05, 3.63) is 84.1 Å². The maximum atomic E-state index is 13.0. The lowest BCUT2D eigenvalue weighted by Gasteiger charge is -2.16. The molecule has 0 radical (unpaired) electrons. The number of hydrogen-bond donors (Lipinski definition) is 1. The summed E-state index contributed by atoms with van der Waals surface area (Å²) >= 11 is 0. The van der Waals surface area contributed by atoms with E-state index < -0.39 is 0 Å². The topological polar surface area (TPSA) is 75.4 Å². The smallest absolute Gasteiger partial charge is 0.263 e. The largest absolute Gasteiger partial charge is 0.465 e. The standard InChI is InChI=1S/C21H17N3O3/c1-14-6-7-16(27-14)13-23-20(25)12-18-17-4-2-3-5-19(17)24(21(18)26)15-8-10-22-11-9-15/h2-12H,13H2,1H3,(H,23,25)/b18-12-. The van der Waals surface area contributed by atoms with Gasteiger partial charge in [0.25, 0.3) is 5.91 Å². The predicted octanol–water partition coefficient (Wildman–Crippen LogP) is 3.36. The maximum absolute atomic E-state index is 13.0. The van der Waals surface area contributed by atoms with Crippen molar-refractivity contribution in [3.8, 4) is 0 Å². The van der Waals surface area contributed by atoms with Crippen LogP contribution in [-0.2, 0) is 16.1 Å². The van der Waals surface area contributed by atoms with Gasteiger partial charge in [-0.3, -0.25) is 19.5 Å². The van der Waals surface area contributed by atoms with Crippen molar-refractivity contribution in [2.75, 3.05) is 4.90 Å². The number of nitrogens with one attached hydrogen (secondary N) is 1. The van der Waals surface area contributed by atoms with Crippen molar-refractivity contribution < 1.29 is 14.0 Å². The molecule has 2 aromatic heterocycles. The number of hydrogen-bond acceptors (Lipinski definition) is 4. The Morgan fingerprint density at radius 2 is 1.93 bits per heavy atom. The van der Waals surface area contributed by atoms with Crippen LogP contribution in [0.2, 0.25) is 0 Å². The van der Waals surface area contributed by atoms with E-state index in [-0.39, 0.29) is 18.4 Å². The number of aromatic nitrogens is 1. The summed E-state index contributed by atoms with van der Waals surface area (Å²) in [6.07, 6.45) is 4.61. The molecule has 6 heteroatoms. The van der Waals surface area contributed by atoms with Crippen molar-refractivity contribution >= 4 is 28.8 Å². The molecule has 0 aliphatic carbocycles. The minimum Gasteiger partial charge on any atom is -0.465 e. The van der Waals surface area contributed by atoms with Gasteiger partial charge >= 0.3 is 0 Å². The van der Waals surface area contributed by atoms with E-state index >= 15 is 0 Å². The Kier molecular flexibility index (Phi) is 4.30. The summed E-state index contributed by atoms with van der Waals surface area (Å²) in [6, 6.07) is 14.6. The third-order valence-corrected chi connectivity index (χ3v) is 4.30. The number of benzene rings is 1. The van der Waals surface area contributed by atoms with Crippen LogP contribution >= 0.6 is 0 Å². The second-order valence-corrected chi connectivity index (χ2v) is 6.15. The normalized spacial score (nSPS) is 14.5. The Morgan fingerprint density at radius 1 is 1.15 bits per heavy atom. The Bertz CT molecular complexity index is 1040. The number of pyridine rings is 1. The Balaban J connectivity index is 1.61. The van der Waals surface area contributed by atoms with Crippen molar-refractivity contribution in [3.63, 3.8) is 0 Å². The number of aryl methyl sites for hydroxylation is 1. The zero-order chi connectivity index (χ0) is 18.8. The number of furan rings is 1. The third-order valence-electron chi connectivity index (χ3n) is 4.30. The first-order valence-electron chi connectivity index (χ1n) is 8.52. The van der Waals surface area contributed by atoms with E-state index in [1.165, 1.54) is 6.08 Å². The van der Waals surface area contributed by atoms with Crippen LogP contribution in [0.3, 0.4) is 0 Å². The monoisotopic (exact) mass is 359 g/mol. The highest BCUT2D eigenvalue weighted by Gasteiger charge is 2.33. The predicted molar refractivity (Wildman–Crippen MR) is 101 cm³/mol. The second-order valence-electron chi connectivity index (χ2n) is 6.15. The van der Waals surface area contributed by atoms with Crippen LogP contribution in [-0.4, -0.2) is 16.8 Å². The van der Waals surface area contributed by atoms with Gasteiger partial charge in [0.1, 0.15) is 11.5 Å². The summed E-state index contributed by atoms with van der Waals surface area (Å²) in [5.41, 5.74) is 2.53. The molecule has 1 aliphatic heterocycles. The van der Waals surface area contributed by atoms with E-state index in [2.05, 4.69) is 10.3 Å². The molecule has 0 unspecified atom stereocenters. The molecule has 3 aromatic rings. The van der Waals surface area contributed by atoms with E-state index in [1.54, 1.807) is 29.4 Å². The van der Waals surface area contributed by atoms with E-state index in [1.807, 2.05) is 43.3 Å². The van der Waals surface area contributed by atoms with Gasteiger partial charge in [0.15, 0.2) is 0 Å².